The minimum Gasteiger partial charge on any atom is -0.450 e. The highest BCUT2D eigenvalue weighted by Gasteiger charge is 2.43. The van der Waals surface area contributed by atoms with Gasteiger partial charge in [-0.1, -0.05) is 86.1 Å². The first-order valence-electron chi connectivity index (χ1n) is 13.9. The maximum atomic E-state index is 14.0. The van der Waals surface area contributed by atoms with Crippen molar-refractivity contribution in [3.8, 4) is 0 Å². The Morgan fingerprint density at radius 2 is 1.46 bits per heavy atom. The quantitative estimate of drug-likeness (QED) is 0.199. The number of benzene rings is 2. The Bertz CT molecular complexity index is 1320. The van der Waals surface area contributed by atoms with E-state index in [0.29, 0.717) is 29.5 Å². The molecule has 0 bridgehead atoms. The summed E-state index contributed by atoms with van der Waals surface area (Å²) in [6.45, 7) is 2.27. The predicted molar refractivity (Wildman–Crippen MR) is 157 cm³/mol. The van der Waals surface area contributed by atoms with E-state index in [0.717, 1.165) is 18.4 Å². The second kappa shape index (κ2) is 14.7. The van der Waals surface area contributed by atoms with Gasteiger partial charge in [0.05, 0.1) is 12.6 Å². The third-order valence-electron chi connectivity index (χ3n) is 6.94. The number of hydrogen-bond acceptors (Lipinski definition) is 6. The molecule has 2 aromatic carbocycles. The smallest absolute Gasteiger partial charge is 0.407 e. The molecular formula is C33H36N4O4. The van der Waals surface area contributed by atoms with Gasteiger partial charge in [0.25, 0.3) is 0 Å². The van der Waals surface area contributed by atoms with E-state index in [-0.39, 0.29) is 6.61 Å². The molecule has 2 heterocycles. The second-order valence-electron chi connectivity index (χ2n) is 9.81. The molecule has 0 spiro atoms. The van der Waals surface area contributed by atoms with Gasteiger partial charge in [0.1, 0.15) is 11.6 Å². The van der Waals surface area contributed by atoms with Crippen molar-refractivity contribution in [2.24, 2.45) is 0 Å². The molecule has 0 saturated carbocycles. The topological polar surface area (TPSA) is 113 Å². The molecular weight excluding hydrogens is 516 g/mol. The van der Waals surface area contributed by atoms with Gasteiger partial charge in [-0.05, 0) is 42.5 Å². The van der Waals surface area contributed by atoms with Gasteiger partial charge < -0.3 is 20.5 Å². The molecule has 8 nitrogen and oxygen atoms in total. The van der Waals surface area contributed by atoms with Crippen LogP contribution in [0, 0.1) is 0 Å². The van der Waals surface area contributed by atoms with Gasteiger partial charge >= 0.3 is 6.09 Å². The largest absolute Gasteiger partial charge is 0.450 e. The van der Waals surface area contributed by atoms with Crippen LogP contribution in [-0.4, -0.2) is 39.7 Å². The molecule has 2 atom stereocenters. The molecule has 2 unspecified atom stereocenters. The average molecular weight is 553 g/mol. The van der Waals surface area contributed by atoms with E-state index in [9.17, 15) is 14.7 Å². The number of aromatic nitrogens is 2. The summed E-state index contributed by atoms with van der Waals surface area (Å²) in [4.78, 5) is 35.1. The predicted octanol–water partition coefficient (Wildman–Crippen LogP) is 5.10. The lowest BCUT2D eigenvalue weighted by molar-refractivity contribution is -0.126. The molecule has 0 fully saturated rings. The standard InChI is InChI=1S/C33H36N4O4/c1-2-3-22-41-32(39)36-29(19-18-25-12-6-4-7-13-25)31(38)37-30(26-14-8-5-9-15-26)33(40,27-16-10-20-34-23-27)28-17-11-21-35-24-28/h4-17,20-21,23-24,29-30,40H,2-3,18-19,22H2,1H3,(H,36,39)(H,37,38). The van der Waals surface area contributed by atoms with Crippen molar-refractivity contribution in [3.05, 3.63) is 132 Å². The number of unbranched alkanes of at least 4 members (excludes halogenated alkanes) is 1. The first-order chi connectivity index (χ1) is 20.0. The van der Waals surface area contributed by atoms with Crippen LogP contribution in [0.4, 0.5) is 4.79 Å². The summed E-state index contributed by atoms with van der Waals surface area (Å²) in [5.74, 6) is -0.451. The van der Waals surface area contributed by atoms with Crippen LogP contribution in [0.3, 0.4) is 0 Å². The number of pyridine rings is 2. The highest BCUT2D eigenvalue weighted by Crippen LogP contribution is 2.40. The molecule has 4 aromatic rings. The number of rotatable bonds is 13. The Labute approximate surface area is 240 Å². The average Bonchev–Trinajstić information content (AvgIpc) is 3.03. The molecule has 0 aliphatic carbocycles. The van der Waals surface area contributed by atoms with Crippen molar-refractivity contribution >= 4 is 12.0 Å². The zero-order valence-corrected chi connectivity index (χ0v) is 23.1. The molecule has 4 rings (SSSR count). The number of alkyl carbamates (subject to hydrolysis) is 1. The van der Waals surface area contributed by atoms with Crippen molar-refractivity contribution in [1.82, 2.24) is 20.6 Å². The molecule has 41 heavy (non-hydrogen) atoms. The summed E-state index contributed by atoms with van der Waals surface area (Å²) in [6, 6.07) is 24.1. The summed E-state index contributed by atoms with van der Waals surface area (Å²) in [7, 11) is 0. The van der Waals surface area contributed by atoms with E-state index < -0.39 is 29.7 Å². The third kappa shape index (κ3) is 7.77. The molecule has 0 aliphatic rings. The van der Waals surface area contributed by atoms with Gasteiger partial charge in [-0.2, -0.15) is 0 Å². The van der Waals surface area contributed by atoms with E-state index >= 15 is 0 Å². The summed E-state index contributed by atoms with van der Waals surface area (Å²) in [5.41, 5.74) is 0.937. The van der Waals surface area contributed by atoms with Crippen LogP contribution in [0.15, 0.2) is 110 Å². The van der Waals surface area contributed by atoms with E-state index in [1.807, 2.05) is 67.6 Å². The lowest BCUT2D eigenvalue weighted by Gasteiger charge is -2.38. The SMILES string of the molecule is CCCCOC(=O)NC(CCc1ccccc1)C(=O)NC(c1ccccc1)C(O)(c1cccnc1)c1cccnc1. The molecule has 212 valence electrons. The zero-order chi connectivity index (χ0) is 28.9. The Kier molecular flexibility index (Phi) is 10.6. The van der Waals surface area contributed by atoms with Gasteiger partial charge in [-0.15, -0.1) is 0 Å². The van der Waals surface area contributed by atoms with Crippen LogP contribution in [0.1, 0.15) is 54.5 Å². The lowest BCUT2D eigenvalue weighted by Crippen LogP contribution is -2.52. The summed E-state index contributed by atoms with van der Waals surface area (Å²) in [5, 5.41) is 18.3. The number of ether oxygens (including phenoxy) is 1. The Morgan fingerprint density at radius 3 is 2.02 bits per heavy atom. The summed E-state index contributed by atoms with van der Waals surface area (Å²) >= 11 is 0. The molecule has 3 N–H and O–H groups in total. The normalized spacial score (nSPS) is 12.6. The van der Waals surface area contributed by atoms with Crippen molar-refractivity contribution < 1.29 is 19.4 Å². The molecule has 0 aliphatic heterocycles. The fraction of sp³-hybridized carbons (Fsp3) is 0.273. The van der Waals surface area contributed by atoms with E-state index in [4.69, 9.17) is 4.74 Å². The van der Waals surface area contributed by atoms with E-state index in [1.165, 1.54) is 0 Å². The number of nitrogens with zero attached hydrogens (tertiary/aromatic N) is 2. The first-order valence-corrected chi connectivity index (χ1v) is 13.9. The Morgan fingerprint density at radius 1 is 0.854 bits per heavy atom. The fourth-order valence-corrected chi connectivity index (χ4v) is 4.71. The maximum Gasteiger partial charge on any atom is 0.407 e. The molecule has 0 saturated heterocycles. The van der Waals surface area contributed by atoms with Crippen molar-refractivity contribution in [1.29, 1.82) is 0 Å². The number of nitrogens with one attached hydrogen (secondary N) is 2. The summed E-state index contributed by atoms with van der Waals surface area (Å²) in [6.07, 6.45) is 8.24. The van der Waals surface area contributed by atoms with Crippen LogP contribution in [0.5, 0.6) is 0 Å². The van der Waals surface area contributed by atoms with E-state index in [2.05, 4.69) is 20.6 Å². The Balaban J connectivity index is 1.69. The van der Waals surface area contributed by atoms with Gasteiger partial charge in [-0.3, -0.25) is 14.8 Å². The Hall–Kier alpha value is -4.56. The number of carbonyl (C=O) groups is 2. The minimum absolute atomic E-state index is 0.268. The molecule has 0 radical (unpaired) electrons. The number of carbonyl (C=O) groups excluding carboxylic acids is 2. The number of aliphatic hydroxyl groups is 1. The molecule has 2 amide bonds. The van der Waals surface area contributed by atoms with Gasteiger partial charge in [0.15, 0.2) is 0 Å². The molecule has 8 heteroatoms. The van der Waals surface area contributed by atoms with Crippen LogP contribution < -0.4 is 10.6 Å². The third-order valence-corrected chi connectivity index (χ3v) is 6.94. The van der Waals surface area contributed by atoms with Crippen LogP contribution >= 0.6 is 0 Å². The van der Waals surface area contributed by atoms with Gasteiger partial charge in [0.2, 0.25) is 5.91 Å². The van der Waals surface area contributed by atoms with Crippen molar-refractivity contribution in [3.63, 3.8) is 0 Å². The number of hydrogen-bond donors (Lipinski definition) is 3. The number of aryl methyl sites for hydroxylation is 1. The van der Waals surface area contributed by atoms with Crippen molar-refractivity contribution in [2.75, 3.05) is 6.61 Å². The van der Waals surface area contributed by atoms with Crippen LogP contribution in [0.25, 0.3) is 0 Å². The first kappa shape index (κ1) is 29.4. The van der Waals surface area contributed by atoms with E-state index in [1.54, 1.807) is 49.1 Å². The lowest BCUT2D eigenvalue weighted by atomic mass is 9.78. The van der Waals surface area contributed by atoms with Gasteiger partial charge in [0, 0.05) is 35.9 Å². The highest BCUT2D eigenvalue weighted by molar-refractivity contribution is 5.86. The van der Waals surface area contributed by atoms with Crippen molar-refractivity contribution in [2.45, 2.75) is 50.3 Å². The highest BCUT2D eigenvalue weighted by atomic mass is 16.5. The minimum atomic E-state index is -1.73. The maximum absolute atomic E-state index is 14.0. The summed E-state index contributed by atoms with van der Waals surface area (Å²) < 4.78 is 5.31. The van der Waals surface area contributed by atoms with Crippen LogP contribution in [0.2, 0.25) is 0 Å². The molecule has 2 aromatic heterocycles. The number of amides is 2. The zero-order valence-electron chi connectivity index (χ0n) is 23.1. The second-order valence-corrected chi connectivity index (χ2v) is 9.81. The monoisotopic (exact) mass is 552 g/mol. The van der Waals surface area contributed by atoms with Gasteiger partial charge in [-0.25, -0.2) is 4.79 Å². The van der Waals surface area contributed by atoms with Crippen LogP contribution in [-0.2, 0) is 21.6 Å². The fourth-order valence-electron chi connectivity index (χ4n) is 4.71.